The first-order valence-corrected chi connectivity index (χ1v) is 13.0. The third-order valence-corrected chi connectivity index (χ3v) is 6.23. The molecule has 5 nitrogen and oxygen atoms in total. The smallest absolute Gasteiger partial charge is 0.311 e. The third-order valence-electron chi connectivity index (χ3n) is 6.23. The van der Waals surface area contributed by atoms with E-state index in [0.717, 1.165) is 54.7 Å². The standard InChI is InChI=1S/C30H38N2O3/c1-4-6-7-8-20-34-27-16-14-25(15-17-27)30-31-21-26(22-32-30)24-12-18-28(19-13-24)35-29(33)11-9-10-23(3)5-2/h12-19,21-23H,4-11,20H2,1-3H3. The summed E-state index contributed by atoms with van der Waals surface area (Å²) in [7, 11) is 0. The van der Waals surface area contributed by atoms with Gasteiger partial charge in [-0.05, 0) is 60.7 Å². The van der Waals surface area contributed by atoms with Crippen LogP contribution < -0.4 is 9.47 Å². The molecule has 0 aliphatic heterocycles. The number of aromatic nitrogens is 2. The highest BCUT2D eigenvalue weighted by molar-refractivity contribution is 5.73. The molecule has 5 heteroatoms. The van der Waals surface area contributed by atoms with Gasteiger partial charge in [0.05, 0.1) is 6.61 Å². The van der Waals surface area contributed by atoms with Gasteiger partial charge in [-0.25, -0.2) is 9.97 Å². The second kappa shape index (κ2) is 14.2. The van der Waals surface area contributed by atoms with Gasteiger partial charge in [0.25, 0.3) is 0 Å². The van der Waals surface area contributed by atoms with E-state index in [9.17, 15) is 4.79 Å². The number of carbonyl (C=O) groups is 1. The number of carbonyl (C=O) groups excluding carboxylic acids is 1. The number of ether oxygens (including phenoxy) is 2. The van der Waals surface area contributed by atoms with Gasteiger partial charge in [0.2, 0.25) is 0 Å². The zero-order valence-electron chi connectivity index (χ0n) is 21.3. The lowest BCUT2D eigenvalue weighted by molar-refractivity contribution is -0.134. The average molecular weight is 475 g/mol. The summed E-state index contributed by atoms with van der Waals surface area (Å²) < 4.78 is 11.3. The van der Waals surface area contributed by atoms with E-state index in [-0.39, 0.29) is 5.97 Å². The van der Waals surface area contributed by atoms with Crippen LogP contribution in [-0.2, 0) is 4.79 Å². The lowest BCUT2D eigenvalue weighted by Gasteiger charge is -2.09. The van der Waals surface area contributed by atoms with Crippen molar-refractivity contribution in [3.8, 4) is 34.0 Å². The molecule has 1 heterocycles. The molecule has 0 saturated heterocycles. The minimum atomic E-state index is -0.179. The van der Waals surface area contributed by atoms with Gasteiger partial charge in [-0.1, -0.05) is 65.0 Å². The molecular formula is C30H38N2O3. The number of hydrogen-bond donors (Lipinski definition) is 0. The van der Waals surface area contributed by atoms with Crippen LogP contribution in [0.5, 0.6) is 11.5 Å². The zero-order valence-corrected chi connectivity index (χ0v) is 21.3. The molecule has 1 unspecified atom stereocenters. The van der Waals surface area contributed by atoms with Gasteiger partial charge >= 0.3 is 5.97 Å². The molecule has 0 amide bonds. The van der Waals surface area contributed by atoms with Crippen LogP contribution in [0.3, 0.4) is 0 Å². The van der Waals surface area contributed by atoms with Crippen molar-refractivity contribution in [2.45, 2.75) is 72.1 Å². The van der Waals surface area contributed by atoms with Crippen LogP contribution in [0.4, 0.5) is 0 Å². The summed E-state index contributed by atoms with van der Waals surface area (Å²) in [6, 6.07) is 15.4. The van der Waals surface area contributed by atoms with E-state index in [4.69, 9.17) is 9.47 Å². The fraction of sp³-hybridized carbons (Fsp3) is 0.433. The van der Waals surface area contributed by atoms with Gasteiger partial charge in [-0.15, -0.1) is 0 Å². The Hall–Kier alpha value is -3.21. The van der Waals surface area contributed by atoms with Crippen LogP contribution in [0.15, 0.2) is 60.9 Å². The molecule has 186 valence electrons. The zero-order chi connectivity index (χ0) is 24.9. The van der Waals surface area contributed by atoms with Crippen LogP contribution in [0.2, 0.25) is 0 Å². The summed E-state index contributed by atoms with van der Waals surface area (Å²) in [6.07, 6.45) is 11.9. The Morgan fingerprint density at radius 2 is 1.46 bits per heavy atom. The minimum Gasteiger partial charge on any atom is -0.494 e. The van der Waals surface area contributed by atoms with E-state index in [1.165, 1.54) is 19.3 Å². The van der Waals surface area contributed by atoms with Crippen molar-refractivity contribution in [2.24, 2.45) is 5.92 Å². The molecule has 2 aromatic carbocycles. The number of unbranched alkanes of at least 4 members (excludes halogenated alkanes) is 3. The second-order valence-electron chi connectivity index (χ2n) is 9.13. The lowest BCUT2D eigenvalue weighted by Crippen LogP contribution is -2.08. The van der Waals surface area contributed by atoms with Gasteiger partial charge in [0.1, 0.15) is 11.5 Å². The number of esters is 1. The SMILES string of the molecule is CCCCCCOc1ccc(-c2ncc(-c3ccc(OC(=O)CCCC(C)CC)cc3)cn2)cc1. The predicted molar refractivity (Wildman–Crippen MR) is 141 cm³/mol. The summed E-state index contributed by atoms with van der Waals surface area (Å²) in [5.41, 5.74) is 2.83. The summed E-state index contributed by atoms with van der Waals surface area (Å²) >= 11 is 0. The van der Waals surface area contributed by atoms with Gasteiger partial charge in [-0.2, -0.15) is 0 Å². The van der Waals surface area contributed by atoms with Crippen LogP contribution in [0.1, 0.15) is 72.1 Å². The molecule has 0 aliphatic rings. The Bertz CT molecular complexity index is 1010. The highest BCUT2D eigenvalue weighted by atomic mass is 16.5. The van der Waals surface area contributed by atoms with Gasteiger partial charge in [0.15, 0.2) is 5.82 Å². The maximum Gasteiger partial charge on any atom is 0.311 e. The monoisotopic (exact) mass is 474 g/mol. The normalized spacial score (nSPS) is 11.7. The first kappa shape index (κ1) is 26.4. The Balaban J connectivity index is 1.50. The highest BCUT2D eigenvalue weighted by Gasteiger charge is 2.08. The molecule has 0 spiro atoms. The van der Waals surface area contributed by atoms with Crippen molar-refractivity contribution in [3.05, 3.63) is 60.9 Å². The fourth-order valence-corrected chi connectivity index (χ4v) is 3.74. The molecule has 0 radical (unpaired) electrons. The van der Waals surface area contributed by atoms with Crippen LogP contribution >= 0.6 is 0 Å². The van der Waals surface area contributed by atoms with E-state index >= 15 is 0 Å². The molecule has 35 heavy (non-hydrogen) atoms. The Morgan fingerprint density at radius 3 is 2.11 bits per heavy atom. The Labute approximate surface area is 209 Å². The number of benzene rings is 2. The molecule has 0 aliphatic carbocycles. The molecule has 1 atom stereocenters. The van der Waals surface area contributed by atoms with Gasteiger partial charge in [0, 0.05) is 29.9 Å². The summed E-state index contributed by atoms with van der Waals surface area (Å²) in [4.78, 5) is 21.1. The van der Waals surface area contributed by atoms with Crippen LogP contribution in [0, 0.1) is 5.92 Å². The summed E-state index contributed by atoms with van der Waals surface area (Å²) in [6.45, 7) is 7.34. The van der Waals surface area contributed by atoms with Gasteiger partial charge < -0.3 is 9.47 Å². The van der Waals surface area contributed by atoms with Crippen molar-refractivity contribution in [3.63, 3.8) is 0 Å². The first-order valence-electron chi connectivity index (χ1n) is 13.0. The second-order valence-corrected chi connectivity index (χ2v) is 9.13. The molecule has 1 aromatic heterocycles. The van der Waals surface area contributed by atoms with E-state index in [0.29, 0.717) is 23.9 Å². The largest absolute Gasteiger partial charge is 0.494 e. The van der Waals surface area contributed by atoms with Crippen molar-refractivity contribution in [1.29, 1.82) is 0 Å². The fourth-order valence-electron chi connectivity index (χ4n) is 3.74. The lowest BCUT2D eigenvalue weighted by atomic mass is 10.0. The Kier molecular flexibility index (Phi) is 10.7. The van der Waals surface area contributed by atoms with E-state index in [1.54, 1.807) is 0 Å². The molecule has 0 N–H and O–H groups in total. The van der Waals surface area contributed by atoms with E-state index in [1.807, 2.05) is 60.9 Å². The van der Waals surface area contributed by atoms with Crippen molar-refractivity contribution < 1.29 is 14.3 Å². The maximum atomic E-state index is 12.1. The Morgan fingerprint density at radius 1 is 0.800 bits per heavy atom. The molecule has 3 aromatic rings. The van der Waals surface area contributed by atoms with Gasteiger partial charge in [-0.3, -0.25) is 4.79 Å². The van der Waals surface area contributed by atoms with Crippen LogP contribution in [-0.4, -0.2) is 22.5 Å². The number of hydrogen-bond acceptors (Lipinski definition) is 5. The van der Waals surface area contributed by atoms with Crippen LogP contribution in [0.25, 0.3) is 22.5 Å². The molecular weight excluding hydrogens is 436 g/mol. The third kappa shape index (κ3) is 8.82. The maximum absolute atomic E-state index is 12.1. The average Bonchev–Trinajstić information content (AvgIpc) is 2.89. The summed E-state index contributed by atoms with van der Waals surface area (Å²) in [5.74, 6) is 2.58. The minimum absolute atomic E-state index is 0.179. The summed E-state index contributed by atoms with van der Waals surface area (Å²) in [5, 5.41) is 0. The highest BCUT2D eigenvalue weighted by Crippen LogP contribution is 2.24. The number of rotatable bonds is 14. The molecule has 3 rings (SSSR count). The molecule has 0 fully saturated rings. The van der Waals surface area contributed by atoms with Crippen molar-refractivity contribution in [2.75, 3.05) is 6.61 Å². The van der Waals surface area contributed by atoms with E-state index < -0.39 is 0 Å². The predicted octanol–water partition coefficient (Wildman–Crippen LogP) is 7.89. The van der Waals surface area contributed by atoms with Crippen molar-refractivity contribution in [1.82, 2.24) is 9.97 Å². The van der Waals surface area contributed by atoms with E-state index in [2.05, 4.69) is 30.7 Å². The first-order chi connectivity index (χ1) is 17.1. The molecule has 0 bridgehead atoms. The van der Waals surface area contributed by atoms with Crippen molar-refractivity contribution >= 4 is 5.97 Å². The quantitative estimate of drug-likeness (QED) is 0.135. The molecule has 0 saturated carbocycles. The topological polar surface area (TPSA) is 61.3 Å². The number of nitrogens with zero attached hydrogens (tertiary/aromatic N) is 2.